The number of nitrogens with one attached hydrogen (secondary N) is 1. The number of likely N-dealkylation sites (tertiary alicyclic amines) is 1. The number of aliphatic imine (C=N–C) groups is 1. The lowest BCUT2D eigenvalue weighted by atomic mass is 10.1. The van der Waals surface area contributed by atoms with Crippen molar-refractivity contribution in [3.8, 4) is 0 Å². The number of methoxy groups -OCH3 is 1. The molecule has 0 aliphatic carbocycles. The Labute approximate surface area is 137 Å². The van der Waals surface area contributed by atoms with E-state index in [1.807, 2.05) is 31.0 Å². The Balaban J connectivity index is 0.00000200. The molecule has 1 saturated heterocycles. The van der Waals surface area contributed by atoms with Crippen molar-refractivity contribution in [3.05, 3.63) is 18.0 Å². The molecule has 1 aromatic rings. The number of aryl methyl sites for hydroxylation is 1. The second kappa shape index (κ2) is 8.46. The molecule has 7 heteroatoms. The molecule has 2 heterocycles. The van der Waals surface area contributed by atoms with E-state index in [1.54, 1.807) is 7.11 Å². The van der Waals surface area contributed by atoms with Gasteiger partial charge in [0.1, 0.15) is 0 Å². The molecule has 0 bridgehead atoms. The van der Waals surface area contributed by atoms with Gasteiger partial charge in [-0.3, -0.25) is 9.67 Å². The number of aromatic nitrogens is 2. The van der Waals surface area contributed by atoms with Gasteiger partial charge in [0.2, 0.25) is 0 Å². The normalized spacial score (nSPS) is 19.1. The van der Waals surface area contributed by atoms with Crippen molar-refractivity contribution >= 4 is 29.9 Å². The van der Waals surface area contributed by atoms with Crippen molar-refractivity contribution in [2.24, 2.45) is 18.0 Å². The van der Waals surface area contributed by atoms with E-state index in [9.17, 15) is 0 Å². The van der Waals surface area contributed by atoms with Crippen LogP contribution >= 0.6 is 24.0 Å². The van der Waals surface area contributed by atoms with Crippen LogP contribution in [0.2, 0.25) is 0 Å². The topological polar surface area (TPSA) is 54.7 Å². The van der Waals surface area contributed by atoms with E-state index in [1.165, 1.54) is 6.42 Å². The molecule has 0 aromatic carbocycles. The monoisotopic (exact) mass is 393 g/mol. The van der Waals surface area contributed by atoms with Crippen molar-refractivity contribution in [3.63, 3.8) is 0 Å². The van der Waals surface area contributed by atoms with Crippen LogP contribution in [-0.4, -0.2) is 54.5 Å². The van der Waals surface area contributed by atoms with Gasteiger partial charge in [0.15, 0.2) is 5.96 Å². The third kappa shape index (κ3) is 4.34. The van der Waals surface area contributed by atoms with Gasteiger partial charge in [-0.25, -0.2) is 0 Å². The average molecular weight is 393 g/mol. The number of rotatable bonds is 4. The highest BCUT2D eigenvalue weighted by Gasteiger charge is 2.24. The molecule has 1 unspecified atom stereocenters. The summed E-state index contributed by atoms with van der Waals surface area (Å²) < 4.78 is 7.10. The molecule has 0 radical (unpaired) electrons. The largest absolute Gasteiger partial charge is 0.384 e. The van der Waals surface area contributed by atoms with Crippen LogP contribution in [-0.2, 0) is 18.3 Å². The first-order valence-corrected chi connectivity index (χ1v) is 6.66. The van der Waals surface area contributed by atoms with E-state index in [0.29, 0.717) is 5.92 Å². The fourth-order valence-corrected chi connectivity index (χ4v) is 2.47. The van der Waals surface area contributed by atoms with Crippen molar-refractivity contribution in [1.82, 2.24) is 20.0 Å². The number of hydrogen-bond acceptors (Lipinski definition) is 3. The number of ether oxygens (including phenoxy) is 1. The van der Waals surface area contributed by atoms with Gasteiger partial charge in [-0.2, -0.15) is 5.10 Å². The fraction of sp³-hybridized carbons (Fsp3) is 0.692. The van der Waals surface area contributed by atoms with Crippen LogP contribution < -0.4 is 5.32 Å². The lowest BCUT2D eigenvalue weighted by Crippen LogP contribution is -2.40. The summed E-state index contributed by atoms with van der Waals surface area (Å²) in [6.45, 7) is 3.63. The van der Waals surface area contributed by atoms with Gasteiger partial charge in [-0.15, -0.1) is 24.0 Å². The summed E-state index contributed by atoms with van der Waals surface area (Å²) in [5.74, 6) is 1.57. The summed E-state index contributed by atoms with van der Waals surface area (Å²) in [7, 11) is 5.54. The summed E-state index contributed by atoms with van der Waals surface area (Å²) in [6, 6.07) is 2.01. The second-order valence-corrected chi connectivity index (χ2v) is 4.90. The van der Waals surface area contributed by atoms with E-state index in [-0.39, 0.29) is 24.0 Å². The van der Waals surface area contributed by atoms with E-state index in [4.69, 9.17) is 4.74 Å². The Morgan fingerprint density at radius 1 is 1.60 bits per heavy atom. The summed E-state index contributed by atoms with van der Waals surface area (Å²) in [4.78, 5) is 6.65. The molecule has 20 heavy (non-hydrogen) atoms. The first-order valence-electron chi connectivity index (χ1n) is 6.66. The second-order valence-electron chi connectivity index (χ2n) is 4.90. The minimum Gasteiger partial charge on any atom is -0.384 e. The Morgan fingerprint density at radius 2 is 2.40 bits per heavy atom. The molecule has 0 amide bonds. The van der Waals surface area contributed by atoms with Crippen molar-refractivity contribution < 1.29 is 4.74 Å². The maximum absolute atomic E-state index is 5.22. The Bertz CT molecular complexity index is 434. The molecule has 1 N–H and O–H groups in total. The van der Waals surface area contributed by atoms with Crippen LogP contribution in [0.3, 0.4) is 0 Å². The molecule has 1 aliphatic heterocycles. The van der Waals surface area contributed by atoms with Gasteiger partial charge in [0.25, 0.3) is 0 Å². The first kappa shape index (κ1) is 17.2. The Morgan fingerprint density at radius 3 is 3.00 bits per heavy atom. The Hall–Kier alpha value is -0.830. The molecule has 0 spiro atoms. The smallest absolute Gasteiger partial charge is 0.193 e. The predicted octanol–water partition coefficient (Wildman–Crippen LogP) is 1.08. The van der Waals surface area contributed by atoms with Gasteiger partial charge >= 0.3 is 0 Å². The van der Waals surface area contributed by atoms with Gasteiger partial charge < -0.3 is 15.0 Å². The summed E-state index contributed by atoms with van der Waals surface area (Å²) in [6.07, 6.45) is 2.98. The van der Waals surface area contributed by atoms with E-state index < -0.39 is 0 Å². The van der Waals surface area contributed by atoms with Crippen LogP contribution in [0.1, 0.15) is 12.1 Å². The third-order valence-corrected chi connectivity index (χ3v) is 3.55. The number of nitrogens with zero attached hydrogens (tertiary/aromatic N) is 4. The zero-order valence-corrected chi connectivity index (χ0v) is 14.7. The average Bonchev–Trinajstić information content (AvgIpc) is 3.01. The summed E-state index contributed by atoms with van der Waals surface area (Å²) in [5.41, 5.74) is 1.15. The molecule has 1 atom stereocenters. The Kier molecular flexibility index (Phi) is 7.28. The molecule has 0 saturated carbocycles. The van der Waals surface area contributed by atoms with E-state index in [0.717, 1.165) is 37.9 Å². The lowest BCUT2D eigenvalue weighted by Gasteiger charge is -2.21. The van der Waals surface area contributed by atoms with Crippen molar-refractivity contribution in [2.75, 3.05) is 33.9 Å². The van der Waals surface area contributed by atoms with Gasteiger partial charge in [-0.1, -0.05) is 0 Å². The van der Waals surface area contributed by atoms with Gasteiger partial charge in [-0.05, 0) is 12.5 Å². The predicted molar refractivity (Wildman–Crippen MR) is 90.4 cm³/mol. The van der Waals surface area contributed by atoms with Gasteiger partial charge in [0, 0.05) is 46.4 Å². The summed E-state index contributed by atoms with van der Waals surface area (Å²) >= 11 is 0. The van der Waals surface area contributed by atoms with E-state index >= 15 is 0 Å². The van der Waals surface area contributed by atoms with Crippen LogP contribution in [0.15, 0.2) is 17.3 Å². The quantitative estimate of drug-likeness (QED) is 0.473. The molecule has 1 aromatic heterocycles. The molecular formula is C13H24IN5O. The van der Waals surface area contributed by atoms with Crippen LogP contribution in [0.4, 0.5) is 0 Å². The highest BCUT2D eigenvalue weighted by Crippen LogP contribution is 2.16. The minimum atomic E-state index is 0. The summed E-state index contributed by atoms with van der Waals surface area (Å²) in [5, 5.41) is 7.55. The van der Waals surface area contributed by atoms with Crippen LogP contribution in [0, 0.1) is 5.92 Å². The molecule has 2 rings (SSSR count). The number of guanidine groups is 1. The molecule has 6 nitrogen and oxygen atoms in total. The highest BCUT2D eigenvalue weighted by molar-refractivity contribution is 14.0. The van der Waals surface area contributed by atoms with Crippen LogP contribution in [0.25, 0.3) is 0 Å². The maximum atomic E-state index is 5.22. The lowest BCUT2D eigenvalue weighted by molar-refractivity contribution is 0.157. The molecule has 114 valence electrons. The molecular weight excluding hydrogens is 369 g/mol. The minimum absolute atomic E-state index is 0. The maximum Gasteiger partial charge on any atom is 0.193 e. The van der Waals surface area contributed by atoms with Gasteiger partial charge in [0.05, 0.1) is 18.8 Å². The third-order valence-electron chi connectivity index (χ3n) is 3.55. The molecule has 1 aliphatic rings. The zero-order valence-electron chi connectivity index (χ0n) is 12.4. The van der Waals surface area contributed by atoms with Crippen LogP contribution in [0.5, 0.6) is 0 Å². The zero-order chi connectivity index (χ0) is 13.7. The number of halogens is 1. The molecule has 1 fully saturated rings. The standard InChI is InChI=1S/C13H23N5O.HI/c1-14-13(15-8-12-4-6-16-17(12)2)18-7-5-11(9-18)10-19-3;/h4,6,11H,5,7-10H2,1-3H3,(H,14,15);1H. The first-order chi connectivity index (χ1) is 9.24. The number of hydrogen-bond donors (Lipinski definition) is 1. The fourth-order valence-electron chi connectivity index (χ4n) is 2.47. The van der Waals surface area contributed by atoms with Crippen molar-refractivity contribution in [1.29, 1.82) is 0 Å². The van der Waals surface area contributed by atoms with Crippen molar-refractivity contribution in [2.45, 2.75) is 13.0 Å². The SMILES string of the molecule is CN=C(NCc1ccnn1C)N1CCC(COC)C1.I. The highest BCUT2D eigenvalue weighted by atomic mass is 127. The van der Waals surface area contributed by atoms with E-state index in [2.05, 4.69) is 20.3 Å².